The lowest BCUT2D eigenvalue weighted by Crippen LogP contribution is -2.65. The summed E-state index contributed by atoms with van der Waals surface area (Å²) in [5.74, 6) is -2.14. The molecule has 11 heteroatoms. The number of aromatic nitrogens is 1. The normalized spacial score (nSPS) is 20.2. The first-order valence-corrected chi connectivity index (χ1v) is 10.6. The van der Waals surface area contributed by atoms with E-state index in [1.54, 1.807) is 6.07 Å². The average Bonchev–Trinajstić information content (AvgIpc) is 3.59. The summed E-state index contributed by atoms with van der Waals surface area (Å²) in [7, 11) is 1.41. The van der Waals surface area contributed by atoms with Crippen molar-refractivity contribution in [3.05, 3.63) is 51.9 Å². The lowest BCUT2D eigenvalue weighted by atomic mass is 9.87. The number of benzene rings is 1. The quantitative estimate of drug-likeness (QED) is 0.649. The van der Waals surface area contributed by atoms with Crippen LogP contribution in [0.25, 0.3) is 0 Å². The number of hydrogen-bond acceptors (Lipinski definition) is 5. The Kier molecular flexibility index (Phi) is 5.97. The molecule has 2 aromatic rings. The van der Waals surface area contributed by atoms with Crippen molar-refractivity contribution in [1.29, 1.82) is 5.26 Å². The Bertz CT molecular complexity index is 1150. The summed E-state index contributed by atoms with van der Waals surface area (Å²) in [5, 5.41) is 19.1. The first-order valence-electron chi connectivity index (χ1n) is 10.2. The van der Waals surface area contributed by atoms with Crippen LogP contribution in [0.5, 0.6) is 0 Å². The molecule has 0 bridgehead atoms. The Hall–Kier alpha value is -2.90. The van der Waals surface area contributed by atoms with Crippen molar-refractivity contribution in [2.24, 2.45) is 5.92 Å². The molecule has 0 radical (unpaired) electrons. The number of carbonyl (C=O) groups is 1. The van der Waals surface area contributed by atoms with Crippen molar-refractivity contribution >= 4 is 29.0 Å². The van der Waals surface area contributed by atoms with Gasteiger partial charge in [-0.3, -0.25) is 4.79 Å². The fraction of sp³-hybridized carbons (Fsp3) is 0.409. The molecule has 174 valence electrons. The van der Waals surface area contributed by atoms with Crippen molar-refractivity contribution < 1.29 is 27.5 Å². The zero-order valence-corrected chi connectivity index (χ0v) is 18.2. The van der Waals surface area contributed by atoms with Gasteiger partial charge in [-0.15, -0.1) is 0 Å². The van der Waals surface area contributed by atoms with Gasteiger partial charge in [-0.25, -0.2) is 9.37 Å². The lowest BCUT2D eigenvalue weighted by molar-refractivity contribution is -0.137. The maximum Gasteiger partial charge on any atom is 0.417 e. The summed E-state index contributed by atoms with van der Waals surface area (Å²) < 4.78 is 54.7. The molecule has 2 fully saturated rings. The number of alkyl halides is 3. The van der Waals surface area contributed by atoms with Gasteiger partial charge in [-0.05, 0) is 37.1 Å². The number of rotatable bonds is 5. The molecule has 1 saturated carbocycles. The van der Waals surface area contributed by atoms with Gasteiger partial charge in [0.25, 0.3) is 0 Å². The van der Waals surface area contributed by atoms with Gasteiger partial charge in [0.15, 0.2) is 0 Å². The Morgan fingerprint density at radius 3 is 2.61 bits per heavy atom. The number of pyridine rings is 1. The van der Waals surface area contributed by atoms with Crippen LogP contribution in [0.1, 0.15) is 35.6 Å². The smallest absolute Gasteiger partial charge is 0.396 e. The average molecular weight is 483 g/mol. The van der Waals surface area contributed by atoms with Crippen molar-refractivity contribution in [3.8, 4) is 6.07 Å². The molecule has 1 saturated heterocycles. The highest BCUT2D eigenvalue weighted by Crippen LogP contribution is 2.45. The molecule has 33 heavy (non-hydrogen) atoms. The Balaban J connectivity index is 1.74. The minimum Gasteiger partial charge on any atom is -0.396 e. The van der Waals surface area contributed by atoms with E-state index in [-0.39, 0.29) is 41.3 Å². The van der Waals surface area contributed by atoms with Crippen LogP contribution < -0.4 is 9.80 Å². The molecule has 1 aliphatic carbocycles. The van der Waals surface area contributed by atoms with E-state index in [0.717, 1.165) is 12.1 Å². The lowest BCUT2D eigenvalue weighted by Gasteiger charge is -2.48. The monoisotopic (exact) mass is 482 g/mol. The van der Waals surface area contributed by atoms with Crippen LogP contribution in [0.2, 0.25) is 5.02 Å². The molecule has 1 N–H and O–H groups in total. The highest BCUT2D eigenvalue weighted by molar-refractivity contribution is 6.31. The standard InChI is InChI=1S/C22H19ClF4N4O2/c1-30(13-4-5-17(24)16(23)6-13)21(33)19-12(10-32)9-31(19)20-14(8-28)15(22(25,26)27)7-18(29-20)11-2-3-11/h4-7,11-12,19,32H,2-3,9-10H2,1H3/t12-,19-/m0/s1. The van der Waals surface area contributed by atoms with Crippen LogP contribution in [0, 0.1) is 23.1 Å². The van der Waals surface area contributed by atoms with Crippen LogP contribution in [0.4, 0.5) is 29.1 Å². The maximum absolute atomic E-state index is 13.7. The molecule has 1 aliphatic heterocycles. The third-order valence-corrected chi connectivity index (χ3v) is 6.32. The number of aliphatic hydroxyl groups excluding tert-OH is 1. The number of nitriles is 1. The molecule has 4 rings (SSSR count). The Morgan fingerprint density at radius 2 is 2.06 bits per heavy atom. The Labute approximate surface area is 192 Å². The molecule has 2 aliphatic rings. The van der Waals surface area contributed by atoms with Gasteiger partial charge in [-0.1, -0.05) is 11.6 Å². The summed E-state index contributed by atoms with van der Waals surface area (Å²) >= 11 is 5.81. The van der Waals surface area contributed by atoms with Gasteiger partial charge in [0, 0.05) is 36.8 Å². The van der Waals surface area contributed by atoms with Crippen molar-refractivity contribution in [2.75, 3.05) is 30.0 Å². The summed E-state index contributed by atoms with van der Waals surface area (Å²) in [5.41, 5.74) is -1.25. The van der Waals surface area contributed by atoms with Crippen molar-refractivity contribution in [2.45, 2.75) is 31.0 Å². The van der Waals surface area contributed by atoms with Crippen molar-refractivity contribution in [1.82, 2.24) is 4.98 Å². The van der Waals surface area contributed by atoms with Crippen molar-refractivity contribution in [3.63, 3.8) is 0 Å². The van der Waals surface area contributed by atoms with Gasteiger partial charge in [0.05, 0.1) is 17.2 Å². The van der Waals surface area contributed by atoms with E-state index < -0.39 is 41.0 Å². The molecular weight excluding hydrogens is 464 g/mol. The number of anilines is 2. The first kappa shape index (κ1) is 23.3. The third-order valence-electron chi connectivity index (χ3n) is 6.03. The zero-order valence-electron chi connectivity index (χ0n) is 17.4. The van der Waals surface area contributed by atoms with Gasteiger partial charge in [0.1, 0.15) is 29.3 Å². The predicted molar refractivity (Wildman–Crippen MR) is 112 cm³/mol. The number of nitrogens with zero attached hydrogens (tertiary/aromatic N) is 4. The van der Waals surface area contributed by atoms with E-state index in [1.165, 1.54) is 29.0 Å². The van der Waals surface area contributed by atoms with E-state index in [2.05, 4.69) is 4.98 Å². The third kappa shape index (κ3) is 4.23. The fourth-order valence-electron chi connectivity index (χ4n) is 3.99. The minimum atomic E-state index is -4.77. The molecule has 1 aromatic carbocycles. The van der Waals surface area contributed by atoms with E-state index >= 15 is 0 Å². The number of hydrogen-bond donors (Lipinski definition) is 1. The minimum absolute atomic E-state index is 0.0536. The topological polar surface area (TPSA) is 80.5 Å². The van der Waals surface area contributed by atoms with Crippen LogP contribution in [0.3, 0.4) is 0 Å². The number of amides is 1. The maximum atomic E-state index is 13.7. The number of aliphatic hydroxyl groups is 1. The van der Waals surface area contributed by atoms with Gasteiger partial charge < -0.3 is 14.9 Å². The van der Waals surface area contributed by atoms with E-state index in [9.17, 15) is 32.7 Å². The van der Waals surface area contributed by atoms with Crippen LogP contribution in [0.15, 0.2) is 24.3 Å². The SMILES string of the molecule is CN(C(=O)[C@@H]1[C@H](CO)CN1c1nc(C2CC2)cc(C(F)(F)F)c1C#N)c1ccc(F)c(Cl)c1. The van der Waals surface area contributed by atoms with Gasteiger partial charge in [-0.2, -0.15) is 18.4 Å². The van der Waals surface area contributed by atoms with Crippen LogP contribution in [-0.4, -0.2) is 42.2 Å². The molecule has 0 spiro atoms. The van der Waals surface area contributed by atoms with Crippen LogP contribution >= 0.6 is 11.6 Å². The molecule has 2 heterocycles. The Morgan fingerprint density at radius 1 is 1.36 bits per heavy atom. The second-order valence-corrected chi connectivity index (χ2v) is 8.62. The molecule has 1 amide bonds. The number of halogens is 5. The highest BCUT2D eigenvalue weighted by atomic mass is 35.5. The molecule has 6 nitrogen and oxygen atoms in total. The van der Waals surface area contributed by atoms with E-state index in [4.69, 9.17) is 11.6 Å². The number of likely N-dealkylation sites (N-methyl/N-ethyl adjacent to an activating group) is 1. The van der Waals surface area contributed by atoms with E-state index in [0.29, 0.717) is 12.8 Å². The van der Waals surface area contributed by atoms with Gasteiger partial charge >= 0.3 is 6.18 Å². The summed E-state index contributed by atoms with van der Waals surface area (Å²) in [4.78, 5) is 20.1. The summed E-state index contributed by atoms with van der Waals surface area (Å²) in [6.45, 7) is -0.334. The van der Waals surface area contributed by atoms with Crippen LogP contribution in [-0.2, 0) is 11.0 Å². The summed E-state index contributed by atoms with van der Waals surface area (Å²) in [6.07, 6.45) is -3.37. The molecular formula is C22H19ClF4N4O2. The zero-order chi connectivity index (χ0) is 24.1. The van der Waals surface area contributed by atoms with E-state index in [1.807, 2.05) is 0 Å². The van der Waals surface area contributed by atoms with Gasteiger partial charge in [0.2, 0.25) is 5.91 Å². The molecule has 1 aromatic heterocycles. The molecule has 2 atom stereocenters. The largest absolute Gasteiger partial charge is 0.417 e. The number of carbonyl (C=O) groups excluding carboxylic acids is 1. The second-order valence-electron chi connectivity index (χ2n) is 8.21. The predicted octanol–water partition coefficient (Wildman–Crippen LogP) is 4.10. The first-order chi connectivity index (χ1) is 15.6. The fourth-order valence-corrected chi connectivity index (χ4v) is 4.17. The second kappa shape index (κ2) is 8.47. The highest BCUT2D eigenvalue weighted by Gasteiger charge is 2.48. The molecule has 0 unspecified atom stereocenters. The summed E-state index contributed by atoms with van der Waals surface area (Å²) in [6, 6.07) is 5.13.